The molecular weight excluding hydrogens is 284 g/mol. The van der Waals surface area contributed by atoms with Crippen LogP contribution in [0.3, 0.4) is 0 Å². The molecule has 1 aromatic rings. The third-order valence-electron chi connectivity index (χ3n) is 4.62. The number of furan rings is 1. The third kappa shape index (κ3) is 3.13. The van der Waals surface area contributed by atoms with E-state index in [0.717, 1.165) is 25.1 Å². The summed E-state index contributed by atoms with van der Waals surface area (Å²) in [5.74, 6) is 0.427. The Morgan fingerprint density at radius 2 is 2.23 bits per heavy atom. The van der Waals surface area contributed by atoms with Gasteiger partial charge in [-0.05, 0) is 38.8 Å². The van der Waals surface area contributed by atoms with E-state index in [1.165, 1.54) is 0 Å². The van der Waals surface area contributed by atoms with Crippen molar-refractivity contribution < 1.29 is 18.7 Å². The largest absolute Gasteiger partial charge is 0.467 e. The van der Waals surface area contributed by atoms with Crippen molar-refractivity contribution in [2.75, 3.05) is 26.3 Å². The Morgan fingerprint density at radius 3 is 2.91 bits per heavy atom. The van der Waals surface area contributed by atoms with Gasteiger partial charge in [-0.1, -0.05) is 0 Å². The van der Waals surface area contributed by atoms with E-state index in [9.17, 15) is 4.79 Å². The molecule has 3 rings (SSSR count). The van der Waals surface area contributed by atoms with E-state index >= 15 is 0 Å². The van der Waals surface area contributed by atoms with E-state index in [2.05, 4.69) is 5.32 Å². The Morgan fingerprint density at radius 1 is 1.45 bits per heavy atom. The van der Waals surface area contributed by atoms with E-state index in [4.69, 9.17) is 13.9 Å². The number of rotatable bonds is 3. The molecular formula is C16H24N2O4. The summed E-state index contributed by atoms with van der Waals surface area (Å²) in [6.07, 6.45) is 3.61. The second-order valence-electron chi connectivity index (χ2n) is 6.18. The number of amides is 2. The number of ether oxygens (including phenoxy) is 2. The van der Waals surface area contributed by atoms with Gasteiger partial charge in [0.2, 0.25) is 0 Å². The molecule has 2 amide bonds. The molecule has 0 saturated carbocycles. The van der Waals surface area contributed by atoms with Gasteiger partial charge in [0.05, 0.1) is 25.5 Å². The summed E-state index contributed by atoms with van der Waals surface area (Å²) in [5, 5.41) is 2.99. The van der Waals surface area contributed by atoms with Gasteiger partial charge in [0.15, 0.2) is 5.79 Å². The molecule has 122 valence electrons. The second-order valence-corrected chi connectivity index (χ2v) is 6.18. The summed E-state index contributed by atoms with van der Waals surface area (Å²) in [4.78, 5) is 14.3. The average molecular weight is 308 g/mol. The first-order valence-electron chi connectivity index (χ1n) is 7.95. The van der Waals surface area contributed by atoms with Gasteiger partial charge in [0, 0.05) is 19.0 Å². The number of carbonyl (C=O) groups is 1. The Kier molecular flexibility index (Phi) is 4.40. The Balaban J connectivity index is 1.58. The zero-order chi connectivity index (χ0) is 15.6. The fourth-order valence-corrected chi connectivity index (χ4v) is 3.24. The molecule has 6 nitrogen and oxygen atoms in total. The maximum atomic E-state index is 12.5. The van der Waals surface area contributed by atoms with Gasteiger partial charge in [0.1, 0.15) is 5.76 Å². The van der Waals surface area contributed by atoms with Crippen molar-refractivity contribution in [3.63, 3.8) is 0 Å². The highest BCUT2D eigenvalue weighted by atomic mass is 16.7. The average Bonchev–Trinajstić information content (AvgIpc) is 3.19. The number of urea groups is 1. The van der Waals surface area contributed by atoms with Crippen LogP contribution in [0, 0.1) is 5.92 Å². The molecule has 1 N–H and O–H groups in total. The lowest BCUT2D eigenvalue weighted by Crippen LogP contribution is -2.51. The highest BCUT2D eigenvalue weighted by Gasteiger charge is 2.42. The van der Waals surface area contributed by atoms with Crippen LogP contribution in [0.25, 0.3) is 0 Å². The number of piperidine rings is 1. The molecule has 2 unspecified atom stereocenters. The molecule has 2 fully saturated rings. The van der Waals surface area contributed by atoms with Crippen LogP contribution in [0.2, 0.25) is 0 Å². The summed E-state index contributed by atoms with van der Waals surface area (Å²) in [5.41, 5.74) is 0. The minimum absolute atomic E-state index is 0.0600. The molecule has 22 heavy (non-hydrogen) atoms. The molecule has 0 radical (unpaired) electrons. The van der Waals surface area contributed by atoms with Crippen molar-refractivity contribution in [3.8, 4) is 0 Å². The predicted octanol–water partition coefficient (Wildman–Crippen LogP) is 2.53. The van der Waals surface area contributed by atoms with Crippen molar-refractivity contribution in [3.05, 3.63) is 24.2 Å². The molecule has 2 aliphatic rings. The number of likely N-dealkylation sites (tertiary alicyclic amines) is 1. The van der Waals surface area contributed by atoms with Crippen molar-refractivity contribution in [1.29, 1.82) is 0 Å². The molecule has 0 bridgehead atoms. The van der Waals surface area contributed by atoms with Gasteiger partial charge >= 0.3 is 6.03 Å². The lowest BCUT2D eigenvalue weighted by Gasteiger charge is -2.40. The SMILES string of the molecule is CC(NC(=O)N1CCCC(C2(C)OCCO2)C1)c1ccco1. The molecule has 2 saturated heterocycles. The molecule has 6 heteroatoms. The van der Waals surface area contributed by atoms with Crippen LogP contribution in [0.4, 0.5) is 4.79 Å². The van der Waals surface area contributed by atoms with E-state index in [1.807, 2.05) is 30.9 Å². The van der Waals surface area contributed by atoms with Crippen molar-refractivity contribution in [2.24, 2.45) is 5.92 Å². The quantitative estimate of drug-likeness (QED) is 0.932. The molecule has 0 aromatic carbocycles. The monoisotopic (exact) mass is 308 g/mol. The minimum Gasteiger partial charge on any atom is -0.467 e. The van der Waals surface area contributed by atoms with Crippen LogP contribution in [0.5, 0.6) is 0 Å². The highest BCUT2D eigenvalue weighted by Crippen LogP contribution is 2.34. The molecule has 1 aromatic heterocycles. The van der Waals surface area contributed by atoms with Crippen LogP contribution in [-0.4, -0.2) is 43.0 Å². The normalized spacial score (nSPS) is 25.9. The van der Waals surface area contributed by atoms with Gasteiger partial charge in [-0.3, -0.25) is 0 Å². The lowest BCUT2D eigenvalue weighted by atomic mass is 9.90. The summed E-state index contributed by atoms with van der Waals surface area (Å²) in [7, 11) is 0. The highest BCUT2D eigenvalue weighted by molar-refractivity contribution is 5.74. The van der Waals surface area contributed by atoms with E-state index in [1.54, 1.807) is 6.26 Å². The summed E-state index contributed by atoms with van der Waals surface area (Å²) in [6.45, 7) is 6.60. The van der Waals surface area contributed by atoms with Crippen LogP contribution < -0.4 is 5.32 Å². The Hall–Kier alpha value is -1.53. The number of nitrogens with zero attached hydrogens (tertiary/aromatic N) is 1. The zero-order valence-corrected chi connectivity index (χ0v) is 13.2. The van der Waals surface area contributed by atoms with Crippen LogP contribution in [0.1, 0.15) is 38.5 Å². The Bertz CT molecular complexity index is 496. The number of carbonyl (C=O) groups excluding carboxylic acids is 1. The van der Waals surface area contributed by atoms with Gasteiger partial charge in [0.25, 0.3) is 0 Å². The van der Waals surface area contributed by atoms with Gasteiger partial charge in [-0.2, -0.15) is 0 Å². The van der Waals surface area contributed by atoms with Crippen molar-refractivity contribution >= 4 is 6.03 Å². The van der Waals surface area contributed by atoms with Gasteiger partial charge < -0.3 is 24.1 Å². The van der Waals surface area contributed by atoms with Crippen LogP contribution in [0.15, 0.2) is 22.8 Å². The van der Waals surface area contributed by atoms with Gasteiger partial charge in [-0.15, -0.1) is 0 Å². The summed E-state index contributed by atoms with van der Waals surface area (Å²) < 4.78 is 16.8. The standard InChI is InChI=1S/C16H24N2O4/c1-12(14-6-4-8-20-14)17-15(19)18-7-3-5-13(11-18)16(2)21-9-10-22-16/h4,6,8,12-13H,3,5,7,9-11H2,1-2H3,(H,17,19). The fraction of sp³-hybridized carbons (Fsp3) is 0.688. The fourth-order valence-electron chi connectivity index (χ4n) is 3.24. The molecule has 0 aliphatic carbocycles. The molecule has 2 atom stereocenters. The second kappa shape index (κ2) is 6.30. The van der Waals surface area contributed by atoms with Crippen molar-refractivity contribution in [2.45, 2.75) is 38.5 Å². The topological polar surface area (TPSA) is 63.9 Å². The lowest BCUT2D eigenvalue weighted by molar-refractivity contribution is -0.189. The molecule has 2 aliphatic heterocycles. The van der Waals surface area contributed by atoms with Gasteiger partial charge in [-0.25, -0.2) is 4.79 Å². The number of nitrogens with one attached hydrogen (secondary N) is 1. The summed E-state index contributed by atoms with van der Waals surface area (Å²) in [6, 6.07) is 3.49. The predicted molar refractivity (Wildman–Crippen MR) is 80.3 cm³/mol. The Labute approximate surface area is 130 Å². The first kappa shape index (κ1) is 15.4. The maximum absolute atomic E-state index is 12.5. The smallest absolute Gasteiger partial charge is 0.317 e. The molecule has 3 heterocycles. The third-order valence-corrected chi connectivity index (χ3v) is 4.62. The first-order valence-corrected chi connectivity index (χ1v) is 7.95. The van der Waals surface area contributed by atoms with E-state index < -0.39 is 5.79 Å². The van der Waals surface area contributed by atoms with Crippen LogP contribution in [-0.2, 0) is 9.47 Å². The first-order chi connectivity index (χ1) is 10.6. The van der Waals surface area contributed by atoms with Crippen LogP contribution >= 0.6 is 0 Å². The zero-order valence-electron chi connectivity index (χ0n) is 13.2. The van der Waals surface area contributed by atoms with E-state index in [-0.39, 0.29) is 18.0 Å². The van der Waals surface area contributed by atoms with E-state index in [0.29, 0.717) is 19.8 Å². The summed E-state index contributed by atoms with van der Waals surface area (Å²) >= 11 is 0. The molecule has 0 spiro atoms. The van der Waals surface area contributed by atoms with Crippen molar-refractivity contribution in [1.82, 2.24) is 10.2 Å². The minimum atomic E-state index is -0.550. The maximum Gasteiger partial charge on any atom is 0.317 e. The number of hydrogen-bond acceptors (Lipinski definition) is 4. The number of hydrogen-bond donors (Lipinski definition) is 1.